The normalized spacial score (nSPS) is 14.8. The van der Waals surface area contributed by atoms with E-state index in [1.165, 1.54) is 4.90 Å². The van der Waals surface area contributed by atoms with Crippen molar-refractivity contribution < 1.29 is 23.1 Å². The molecule has 0 aromatic rings. The smallest absolute Gasteiger partial charge is 0.317 e. The van der Waals surface area contributed by atoms with Crippen LogP contribution in [0.3, 0.4) is 0 Å². The van der Waals surface area contributed by atoms with Crippen LogP contribution in [0.25, 0.3) is 0 Å². The Labute approximate surface area is 118 Å². The maximum absolute atomic E-state index is 11.9. The molecule has 0 radical (unpaired) electrons. The zero-order valence-corrected chi connectivity index (χ0v) is 12.3. The molecular weight excluding hydrogens is 286 g/mol. The summed E-state index contributed by atoms with van der Waals surface area (Å²) in [4.78, 5) is 24.0. The van der Waals surface area contributed by atoms with Gasteiger partial charge in [0.2, 0.25) is 10.0 Å². The molecule has 2 amide bonds. The molecule has 3 N–H and O–H groups in total. The van der Waals surface area contributed by atoms with E-state index in [1.807, 2.05) is 0 Å². The lowest BCUT2D eigenvalue weighted by atomic mass is 10.3. The fourth-order valence-corrected chi connectivity index (χ4v) is 2.21. The molecular formula is C11H21N3O5S. The van der Waals surface area contributed by atoms with E-state index in [0.717, 1.165) is 19.1 Å². The van der Waals surface area contributed by atoms with Gasteiger partial charge in [-0.1, -0.05) is 0 Å². The summed E-state index contributed by atoms with van der Waals surface area (Å²) < 4.78 is 24.0. The maximum Gasteiger partial charge on any atom is 0.317 e. The molecule has 0 spiro atoms. The molecule has 1 saturated carbocycles. The average Bonchev–Trinajstić information content (AvgIpc) is 3.11. The monoisotopic (exact) mass is 307 g/mol. The second-order valence-electron chi connectivity index (χ2n) is 4.82. The molecule has 0 unspecified atom stereocenters. The van der Waals surface area contributed by atoms with Crippen LogP contribution in [0.15, 0.2) is 0 Å². The van der Waals surface area contributed by atoms with Crippen LogP contribution in [-0.2, 0) is 14.8 Å². The molecule has 1 rings (SSSR count). The highest BCUT2D eigenvalue weighted by molar-refractivity contribution is 7.88. The van der Waals surface area contributed by atoms with Gasteiger partial charge >= 0.3 is 12.0 Å². The van der Waals surface area contributed by atoms with Crippen LogP contribution in [-0.4, -0.2) is 62.4 Å². The Bertz CT molecular complexity index is 447. The molecule has 116 valence electrons. The molecule has 0 atom stereocenters. The minimum atomic E-state index is -3.20. The number of carbonyl (C=O) groups is 2. The van der Waals surface area contributed by atoms with Crippen LogP contribution in [0.4, 0.5) is 4.79 Å². The average molecular weight is 307 g/mol. The van der Waals surface area contributed by atoms with E-state index < -0.39 is 16.0 Å². The van der Waals surface area contributed by atoms with Gasteiger partial charge in [-0.3, -0.25) is 4.79 Å². The summed E-state index contributed by atoms with van der Waals surface area (Å²) >= 11 is 0. The highest BCUT2D eigenvalue weighted by atomic mass is 32.2. The van der Waals surface area contributed by atoms with Crippen molar-refractivity contribution in [2.24, 2.45) is 0 Å². The Morgan fingerprint density at radius 3 is 2.45 bits per heavy atom. The van der Waals surface area contributed by atoms with E-state index in [0.29, 0.717) is 13.0 Å². The molecule has 0 aliphatic heterocycles. The van der Waals surface area contributed by atoms with E-state index >= 15 is 0 Å². The summed E-state index contributed by atoms with van der Waals surface area (Å²) in [7, 11) is -3.20. The fourth-order valence-electron chi connectivity index (χ4n) is 1.70. The third-order valence-corrected chi connectivity index (χ3v) is 3.54. The first kappa shape index (κ1) is 16.7. The molecule has 0 saturated heterocycles. The molecule has 1 aliphatic rings. The van der Waals surface area contributed by atoms with Crippen molar-refractivity contribution in [2.45, 2.75) is 31.7 Å². The first-order valence-corrected chi connectivity index (χ1v) is 8.39. The number of sulfonamides is 1. The van der Waals surface area contributed by atoms with Crippen molar-refractivity contribution in [3.05, 3.63) is 0 Å². The number of rotatable bonds is 9. The van der Waals surface area contributed by atoms with Crippen molar-refractivity contribution in [2.75, 3.05) is 25.9 Å². The minimum absolute atomic E-state index is 0.0699. The van der Waals surface area contributed by atoms with Gasteiger partial charge < -0.3 is 15.3 Å². The second kappa shape index (κ2) is 7.44. The number of carboxylic acids is 1. The predicted molar refractivity (Wildman–Crippen MR) is 72.8 cm³/mol. The Balaban J connectivity index is 2.23. The number of carbonyl (C=O) groups excluding carboxylic acids is 1. The number of urea groups is 1. The fraction of sp³-hybridized carbons (Fsp3) is 0.818. The van der Waals surface area contributed by atoms with Crippen LogP contribution in [0.2, 0.25) is 0 Å². The van der Waals surface area contributed by atoms with Gasteiger partial charge in [-0.25, -0.2) is 17.9 Å². The lowest BCUT2D eigenvalue weighted by molar-refractivity contribution is -0.137. The van der Waals surface area contributed by atoms with E-state index in [1.54, 1.807) is 0 Å². The summed E-state index contributed by atoms with van der Waals surface area (Å²) in [6.07, 6.45) is 3.30. The first-order chi connectivity index (χ1) is 9.29. The Hall–Kier alpha value is -1.35. The van der Waals surface area contributed by atoms with Crippen LogP contribution >= 0.6 is 0 Å². The molecule has 0 aromatic carbocycles. The van der Waals surface area contributed by atoms with Crippen LogP contribution in [0.5, 0.6) is 0 Å². The SMILES string of the molecule is CS(=O)(=O)NCCCNC(=O)N(CCC(=O)O)C1CC1. The van der Waals surface area contributed by atoms with Crippen LogP contribution in [0, 0.1) is 0 Å². The zero-order chi connectivity index (χ0) is 15.2. The number of hydrogen-bond acceptors (Lipinski definition) is 4. The topological polar surface area (TPSA) is 116 Å². The van der Waals surface area contributed by atoms with Crippen molar-refractivity contribution in [1.82, 2.24) is 14.9 Å². The van der Waals surface area contributed by atoms with E-state index in [9.17, 15) is 18.0 Å². The Morgan fingerprint density at radius 1 is 1.30 bits per heavy atom. The van der Waals surface area contributed by atoms with Gasteiger partial charge in [-0.2, -0.15) is 0 Å². The Kier molecular flexibility index (Phi) is 6.21. The molecule has 9 heteroatoms. The van der Waals surface area contributed by atoms with Gasteiger partial charge in [-0.05, 0) is 19.3 Å². The standard InChI is InChI=1S/C11H21N3O5S/c1-20(18,19)13-7-2-6-12-11(17)14(9-3-4-9)8-5-10(15)16/h9,13H,2-8H2,1H3,(H,12,17)(H,15,16). The van der Waals surface area contributed by atoms with Crippen LogP contribution in [0.1, 0.15) is 25.7 Å². The van der Waals surface area contributed by atoms with Gasteiger partial charge in [0.05, 0.1) is 12.7 Å². The van der Waals surface area contributed by atoms with Gasteiger partial charge in [0, 0.05) is 25.7 Å². The zero-order valence-electron chi connectivity index (χ0n) is 11.5. The molecule has 8 nitrogen and oxygen atoms in total. The Morgan fingerprint density at radius 2 is 1.95 bits per heavy atom. The van der Waals surface area contributed by atoms with E-state index in [-0.39, 0.29) is 31.6 Å². The quantitative estimate of drug-likeness (QED) is 0.500. The number of carboxylic acid groups (broad SMARTS) is 1. The third kappa shape index (κ3) is 7.29. The third-order valence-electron chi connectivity index (χ3n) is 2.81. The minimum Gasteiger partial charge on any atom is -0.481 e. The van der Waals surface area contributed by atoms with Gasteiger partial charge in [-0.15, -0.1) is 0 Å². The highest BCUT2D eigenvalue weighted by Gasteiger charge is 2.32. The maximum atomic E-state index is 11.9. The number of amides is 2. The van der Waals surface area contributed by atoms with Crippen LogP contribution < -0.4 is 10.0 Å². The molecule has 0 bridgehead atoms. The summed E-state index contributed by atoms with van der Waals surface area (Å²) in [5.74, 6) is -0.930. The molecule has 0 aromatic heterocycles. The number of nitrogens with one attached hydrogen (secondary N) is 2. The van der Waals surface area contributed by atoms with Crippen molar-refractivity contribution >= 4 is 22.0 Å². The summed E-state index contributed by atoms with van der Waals surface area (Å²) in [6.45, 7) is 0.808. The predicted octanol–water partition coefficient (Wildman–Crippen LogP) is -0.426. The number of aliphatic carboxylic acids is 1. The summed E-state index contributed by atoms with van der Waals surface area (Å²) in [5, 5.41) is 11.3. The van der Waals surface area contributed by atoms with Gasteiger partial charge in [0.25, 0.3) is 0 Å². The largest absolute Gasteiger partial charge is 0.481 e. The molecule has 0 heterocycles. The number of hydrogen-bond donors (Lipinski definition) is 3. The highest BCUT2D eigenvalue weighted by Crippen LogP contribution is 2.26. The van der Waals surface area contributed by atoms with Crippen molar-refractivity contribution in [1.29, 1.82) is 0 Å². The lowest BCUT2D eigenvalue weighted by Crippen LogP contribution is -2.43. The van der Waals surface area contributed by atoms with E-state index in [2.05, 4.69) is 10.0 Å². The van der Waals surface area contributed by atoms with Crippen molar-refractivity contribution in [3.8, 4) is 0 Å². The first-order valence-electron chi connectivity index (χ1n) is 6.50. The van der Waals surface area contributed by atoms with Crippen molar-refractivity contribution in [3.63, 3.8) is 0 Å². The van der Waals surface area contributed by atoms with Gasteiger partial charge in [0.15, 0.2) is 0 Å². The second-order valence-corrected chi connectivity index (χ2v) is 6.65. The molecule has 1 fully saturated rings. The van der Waals surface area contributed by atoms with E-state index in [4.69, 9.17) is 5.11 Å². The molecule has 20 heavy (non-hydrogen) atoms. The summed E-state index contributed by atoms with van der Waals surface area (Å²) in [5.41, 5.74) is 0. The number of nitrogens with zero attached hydrogens (tertiary/aromatic N) is 1. The summed E-state index contributed by atoms with van der Waals surface area (Å²) in [6, 6.07) is -0.142. The van der Waals surface area contributed by atoms with Gasteiger partial charge in [0.1, 0.15) is 0 Å². The lowest BCUT2D eigenvalue weighted by Gasteiger charge is -2.22. The molecule has 1 aliphatic carbocycles.